The van der Waals surface area contributed by atoms with Crippen LogP contribution in [0.5, 0.6) is 0 Å². The minimum absolute atomic E-state index is 0.113. The summed E-state index contributed by atoms with van der Waals surface area (Å²) in [6.07, 6.45) is 4.60. The number of amides is 1. The zero-order valence-corrected chi connectivity index (χ0v) is 8.31. The lowest BCUT2D eigenvalue weighted by molar-refractivity contribution is -0.110. The van der Waals surface area contributed by atoms with Crippen molar-refractivity contribution in [1.29, 1.82) is 0 Å². The highest BCUT2D eigenvalue weighted by Gasteiger charge is 2.23. The van der Waals surface area contributed by atoms with Gasteiger partial charge in [-0.05, 0) is 12.1 Å². The molecule has 1 N–H and O–H groups in total. The molecule has 0 spiro atoms. The third-order valence-corrected chi connectivity index (χ3v) is 2.45. The number of nitrogens with one attached hydrogen (secondary N) is 1. The van der Waals surface area contributed by atoms with Crippen molar-refractivity contribution in [3.63, 3.8) is 0 Å². The van der Waals surface area contributed by atoms with E-state index < -0.39 is 0 Å². The SMILES string of the molecule is O=C1Nc2ccccc2C1=Cc1cnco1. The first kappa shape index (κ1) is 8.91. The predicted octanol–water partition coefficient (Wildman–Crippen LogP) is 2.17. The number of anilines is 1. The van der Waals surface area contributed by atoms with Crippen molar-refractivity contribution in [3.8, 4) is 0 Å². The van der Waals surface area contributed by atoms with Crippen molar-refractivity contribution < 1.29 is 9.21 Å². The molecule has 3 rings (SSSR count). The lowest BCUT2D eigenvalue weighted by Gasteiger charge is -1.95. The van der Waals surface area contributed by atoms with Gasteiger partial charge in [-0.1, -0.05) is 18.2 Å². The molecular formula is C12H8N2O2. The van der Waals surface area contributed by atoms with Crippen LogP contribution in [0.25, 0.3) is 11.6 Å². The summed E-state index contributed by atoms with van der Waals surface area (Å²) < 4.78 is 5.09. The average molecular weight is 212 g/mol. The number of hydrogen-bond donors (Lipinski definition) is 1. The fourth-order valence-corrected chi connectivity index (χ4v) is 1.72. The van der Waals surface area contributed by atoms with Gasteiger partial charge in [0.15, 0.2) is 6.39 Å². The number of para-hydroxylation sites is 1. The van der Waals surface area contributed by atoms with E-state index in [0.717, 1.165) is 11.3 Å². The number of aromatic nitrogens is 1. The van der Waals surface area contributed by atoms with Gasteiger partial charge in [-0.3, -0.25) is 4.79 Å². The smallest absolute Gasteiger partial charge is 0.256 e. The van der Waals surface area contributed by atoms with Gasteiger partial charge in [0.25, 0.3) is 5.91 Å². The number of hydrogen-bond acceptors (Lipinski definition) is 3. The van der Waals surface area contributed by atoms with Gasteiger partial charge < -0.3 is 9.73 Å². The number of benzene rings is 1. The van der Waals surface area contributed by atoms with Crippen LogP contribution in [0.3, 0.4) is 0 Å². The maximum atomic E-state index is 11.7. The first-order valence-corrected chi connectivity index (χ1v) is 4.85. The minimum atomic E-state index is -0.113. The Labute approximate surface area is 91.6 Å². The standard InChI is InChI=1S/C12H8N2O2/c15-12-10(5-8-6-13-7-16-8)9-3-1-2-4-11(9)14-12/h1-7H,(H,14,15). The molecule has 2 heterocycles. The minimum Gasteiger partial charge on any atom is -0.444 e. The fraction of sp³-hybridized carbons (Fsp3) is 0. The van der Waals surface area contributed by atoms with Gasteiger partial charge >= 0.3 is 0 Å². The van der Waals surface area contributed by atoms with E-state index in [1.165, 1.54) is 6.39 Å². The second-order valence-electron chi connectivity index (χ2n) is 3.46. The van der Waals surface area contributed by atoms with Gasteiger partial charge in [0.05, 0.1) is 11.8 Å². The lowest BCUT2D eigenvalue weighted by Crippen LogP contribution is -2.03. The van der Waals surface area contributed by atoms with E-state index in [2.05, 4.69) is 10.3 Å². The highest BCUT2D eigenvalue weighted by molar-refractivity contribution is 6.34. The highest BCUT2D eigenvalue weighted by Crippen LogP contribution is 2.32. The zero-order valence-electron chi connectivity index (χ0n) is 8.31. The molecule has 4 heteroatoms. The Balaban J connectivity index is 2.12. The van der Waals surface area contributed by atoms with Crippen molar-refractivity contribution in [2.75, 3.05) is 5.32 Å². The molecule has 0 bridgehead atoms. The van der Waals surface area contributed by atoms with Crippen LogP contribution in [0.1, 0.15) is 11.3 Å². The Morgan fingerprint density at radius 3 is 3.00 bits per heavy atom. The number of carbonyl (C=O) groups is 1. The van der Waals surface area contributed by atoms with Crippen LogP contribution in [-0.4, -0.2) is 10.9 Å². The summed E-state index contributed by atoms with van der Waals surface area (Å²) in [5, 5.41) is 2.79. The molecule has 1 aliphatic heterocycles. The molecule has 2 aromatic rings. The Morgan fingerprint density at radius 2 is 2.19 bits per heavy atom. The maximum absolute atomic E-state index is 11.7. The molecule has 0 saturated heterocycles. The number of carbonyl (C=O) groups excluding carboxylic acids is 1. The number of rotatable bonds is 1. The summed E-state index contributed by atoms with van der Waals surface area (Å²) in [7, 11) is 0. The molecule has 0 aliphatic carbocycles. The second-order valence-corrected chi connectivity index (χ2v) is 3.46. The van der Waals surface area contributed by atoms with Crippen LogP contribution in [0.15, 0.2) is 41.3 Å². The molecule has 1 amide bonds. The van der Waals surface area contributed by atoms with Gasteiger partial charge in [-0.25, -0.2) is 4.98 Å². The van der Waals surface area contributed by atoms with Gasteiger partial charge in [0, 0.05) is 11.3 Å². The lowest BCUT2D eigenvalue weighted by atomic mass is 10.1. The third-order valence-electron chi connectivity index (χ3n) is 2.45. The topological polar surface area (TPSA) is 55.1 Å². The molecule has 4 nitrogen and oxygen atoms in total. The normalized spacial score (nSPS) is 16.2. The highest BCUT2D eigenvalue weighted by atomic mass is 16.3. The van der Waals surface area contributed by atoms with E-state index >= 15 is 0 Å². The Morgan fingerprint density at radius 1 is 1.31 bits per heavy atom. The van der Waals surface area contributed by atoms with E-state index in [0.29, 0.717) is 11.3 Å². The van der Waals surface area contributed by atoms with Crippen molar-refractivity contribution in [2.24, 2.45) is 0 Å². The summed E-state index contributed by atoms with van der Waals surface area (Å²) in [5.41, 5.74) is 2.33. The molecule has 0 unspecified atom stereocenters. The van der Waals surface area contributed by atoms with Gasteiger partial charge in [-0.2, -0.15) is 0 Å². The van der Waals surface area contributed by atoms with Gasteiger partial charge in [0.2, 0.25) is 0 Å². The Bertz CT molecular complexity index is 570. The van der Waals surface area contributed by atoms with Crippen molar-refractivity contribution in [2.45, 2.75) is 0 Å². The predicted molar refractivity (Wildman–Crippen MR) is 59.4 cm³/mol. The number of oxazole rings is 1. The van der Waals surface area contributed by atoms with Crippen molar-refractivity contribution >= 4 is 23.2 Å². The van der Waals surface area contributed by atoms with Gasteiger partial charge in [-0.15, -0.1) is 0 Å². The molecule has 0 fully saturated rings. The van der Waals surface area contributed by atoms with Crippen LogP contribution in [0.2, 0.25) is 0 Å². The third kappa shape index (κ3) is 1.32. The van der Waals surface area contributed by atoms with E-state index in [-0.39, 0.29) is 5.91 Å². The van der Waals surface area contributed by atoms with Gasteiger partial charge in [0.1, 0.15) is 5.76 Å². The summed E-state index contributed by atoms with van der Waals surface area (Å²) in [4.78, 5) is 15.5. The molecule has 0 radical (unpaired) electrons. The zero-order chi connectivity index (χ0) is 11.0. The van der Waals surface area contributed by atoms with E-state index in [4.69, 9.17) is 4.42 Å². The largest absolute Gasteiger partial charge is 0.444 e. The van der Waals surface area contributed by atoms with Crippen molar-refractivity contribution in [1.82, 2.24) is 4.98 Å². The first-order chi connectivity index (χ1) is 7.84. The average Bonchev–Trinajstić information content (AvgIpc) is 2.89. The number of fused-ring (bicyclic) bond motifs is 1. The molecule has 78 valence electrons. The molecule has 1 aromatic carbocycles. The quantitative estimate of drug-likeness (QED) is 0.737. The molecular weight excluding hydrogens is 204 g/mol. The molecule has 16 heavy (non-hydrogen) atoms. The second kappa shape index (κ2) is 3.34. The summed E-state index contributed by atoms with van der Waals surface area (Å²) >= 11 is 0. The van der Waals surface area contributed by atoms with Crippen LogP contribution >= 0.6 is 0 Å². The van der Waals surface area contributed by atoms with E-state index in [1.807, 2.05) is 24.3 Å². The molecule has 0 saturated carbocycles. The first-order valence-electron chi connectivity index (χ1n) is 4.85. The summed E-state index contributed by atoms with van der Waals surface area (Å²) in [6, 6.07) is 7.55. The Hall–Kier alpha value is -2.36. The van der Waals surface area contributed by atoms with E-state index in [9.17, 15) is 4.79 Å². The van der Waals surface area contributed by atoms with Crippen molar-refractivity contribution in [3.05, 3.63) is 48.2 Å². The molecule has 1 aliphatic rings. The Kier molecular flexibility index (Phi) is 1.86. The fourth-order valence-electron chi connectivity index (χ4n) is 1.72. The van der Waals surface area contributed by atoms with Crippen LogP contribution in [0, 0.1) is 0 Å². The maximum Gasteiger partial charge on any atom is 0.256 e. The summed E-state index contributed by atoms with van der Waals surface area (Å²) in [6.45, 7) is 0. The molecule has 0 atom stereocenters. The van der Waals surface area contributed by atoms with E-state index in [1.54, 1.807) is 12.3 Å². The van der Waals surface area contributed by atoms with Crippen LogP contribution in [0.4, 0.5) is 5.69 Å². The van der Waals surface area contributed by atoms with Crippen LogP contribution in [-0.2, 0) is 4.79 Å². The summed E-state index contributed by atoms with van der Waals surface area (Å²) in [5.74, 6) is 0.458. The van der Waals surface area contributed by atoms with Crippen LogP contribution < -0.4 is 5.32 Å². The number of nitrogens with zero attached hydrogens (tertiary/aromatic N) is 1. The molecule has 1 aromatic heterocycles. The monoisotopic (exact) mass is 212 g/mol.